The molecule has 0 N–H and O–H groups in total. The highest BCUT2D eigenvalue weighted by Crippen LogP contribution is 2.40. The summed E-state index contributed by atoms with van der Waals surface area (Å²) in [5, 5.41) is -0.532. The maximum atomic E-state index is 12.4. The summed E-state index contributed by atoms with van der Waals surface area (Å²) >= 11 is 5.78. The molecule has 1 aliphatic carbocycles. The largest absolute Gasteiger partial charge is 0.276 e. The van der Waals surface area contributed by atoms with E-state index in [2.05, 4.69) is 32.9 Å². The number of halogens is 1. The Kier molecular flexibility index (Phi) is 8.44. The monoisotopic (exact) mass is 458 g/mol. The summed E-state index contributed by atoms with van der Waals surface area (Å²) in [4.78, 5) is 12.2. The minimum atomic E-state index is -4.07. The molecule has 0 fully saturated rings. The minimum Gasteiger partial charge on any atom is -0.276 e. The number of rotatable bonds is 6. The molecule has 3 nitrogen and oxygen atoms in total. The maximum absolute atomic E-state index is 12.4. The summed E-state index contributed by atoms with van der Waals surface area (Å²) in [6, 6.07) is 5.56. The molecule has 0 saturated carbocycles. The number of carbonyl (C=O) groups excluding carboxylic acids is 1. The van der Waals surface area contributed by atoms with Crippen molar-refractivity contribution in [1.29, 1.82) is 0 Å². The highest BCUT2D eigenvalue weighted by Gasteiger charge is 2.26. The van der Waals surface area contributed by atoms with Gasteiger partial charge in [-0.15, -0.1) is 0 Å². The molecule has 5 heteroatoms. The Morgan fingerprint density at radius 2 is 1.71 bits per heavy atom. The first kappa shape index (κ1) is 25.1. The molecule has 0 aliphatic heterocycles. The van der Waals surface area contributed by atoms with E-state index < -0.39 is 15.0 Å². The summed E-state index contributed by atoms with van der Waals surface area (Å²) in [5.74, 6) is 0. The normalized spacial score (nSPS) is 18.3. The van der Waals surface area contributed by atoms with Crippen molar-refractivity contribution in [2.75, 3.05) is 0 Å². The van der Waals surface area contributed by atoms with Gasteiger partial charge >= 0.3 is 0 Å². The van der Waals surface area contributed by atoms with E-state index in [1.807, 2.05) is 19.1 Å². The number of hydrogen-bond acceptors (Lipinski definition) is 3. The second kappa shape index (κ2) is 10.4. The summed E-state index contributed by atoms with van der Waals surface area (Å²) in [6.45, 7) is 10.5. The molecule has 0 atom stereocenters. The van der Waals surface area contributed by atoms with Crippen molar-refractivity contribution in [3.05, 3.63) is 88.0 Å². The van der Waals surface area contributed by atoms with Crippen LogP contribution in [-0.2, 0) is 14.6 Å². The number of hydrogen-bond donors (Lipinski definition) is 0. The Morgan fingerprint density at radius 3 is 2.32 bits per heavy atom. The van der Waals surface area contributed by atoms with Gasteiger partial charge in [-0.25, -0.2) is 8.42 Å². The lowest BCUT2D eigenvalue weighted by Gasteiger charge is -2.32. The van der Waals surface area contributed by atoms with Gasteiger partial charge in [0.1, 0.15) is 0 Å². The summed E-state index contributed by atoms with van der Waals surface area (Å²) < 4.78 is 24.8. The van der Waals surface area contributed by atoms with Crippen LogP contribution in [0.1, 0.15) is 53.9 Å². The molecule has 0 amide bonds. The second-order valence-corrected chi connectivity index (χ2v) is 11.0. The lowest BCUT2D eigenvalue weighted by Crippen LogP contribution is -2.19. The van der Waals surface area contributed by atoms with Gasteiger partial charge in [-0.2, -0.15) is 0 Å². The predicted octanol–water partition coefficient (Wildman–Crippen LogP) is 7.17. The topological polar surface area (TPSA) is 51.2 Å². The van der Waals surface area contributed by atoms with E-state index in [4.69, 9.17) is 11.6 Å². The van der Waals surface area contributed by atoms with E-state index in [1.54, 1.807) is 13.0 Å². The molecule has 0 heterocycles. The first-order valence-electron chi connectivity index (χ1n) is 10.4. The highest BCUT2D eigenvalue weighted by atomic mass is 35.5. The molecule has 31 heavy (non-hydrogen) atoms. The molecule has 0 spiro atoms. The Morgan fingerprint density at radius 1 is 1.06 bits per heavy atom. The zero-order chi connectivity index (χ0) is 23.2. The zero-order valence-corrected chi connectivity index (χ0v) is 20.5. The van der Waals surface area contributed by atoms with Crippen molar-refractivity contribution in [3.63, 3.8) is 0 Å². The molecule has 1 aromatic rings. The van der Waals surface area contributed by atoms with Crippen LogP contribution in [0.5, 0.6) is 0 Å². The number of benzene rings is 1. The molecule has 1 aromatic carbocycles. The third-order valence-corrected chi connectivity index (χ3v) is 7.30. The molecule has 0 radical (unpaired) electrons. The van der Waals surface area contributed by atoms with Crippen molar-refractivity contribution in [2.24, 2.45) is 5.41 Å². The number of carbonyl (C=O) groups is 1. The Hall–Kier alpha value is -2.17. The van der Waals surface area contributed by atoms with Crippen molar-refractivity contribution < 1.29 is 13.2 Å². The molecule has 0 aromatic heterocycles. The first-order valence-corrected chi connectivity index (χ1v) is 12.3. The minimum absolute atomic E-state index is 0.0638. The third kappa shape index (κ3) is 6.91. The summed E-state index contributed by atoms with van der Waals surface area (Å²) in [7, 11) is -4.07. The van der Waals surface area contributed by atoms with Crippen LogP contribution < -0.4 is 0 Å². The molecule has 1 aliphatic rings. The lowest BCUT2D eigenvalue weighted by atomic mass is 9.72. The van der Waals surface area contributed by atoms with Crippen LogP contribution in [0.3, 0.4) is 0 Å². The first-order chi connectivity index (χ1) is 14.4. The van der Waals surface area contributed by atoms with Crippen LogP contribution in [0.15, 0.2) is 87.9 Å². The summed E-state index contributed by atoms with van der Waals surface area (Å²) in [5.41, 5.74) is 4.69. The standard InChI is InChI=1S/C26H31ClO3S/c1-19(11-16-24-21(3)10-7-17-26(24,4)5)8-6-9-20(2)18-25(28)31(29,30)23-14-12-22(27)13-15-23/h6,8-9,11-16,18H,7,10,17H2,1-5H3/b9-6+,16-11+,19-8+,20-18+. The van der Waals surface area contributed by atoms with E-state index >= 15 is 0 Å². The van der Waals surface area contributed by atoms with E-state index in [1.165, 1.54) is 48.3 Å². The molecule has 2 rings (SSSR count). The Labute approximate surface area is 191 Å². The fourth-order valence-corrected chi connectivity index (χ4v) is 4.87. The van der Waals surface area contributed by atoms with Crippen molar-refractivity contribution in [3.8, 4) is 0 Å². The molecule has 166 valence electrons. The van der Waals surface area contributed by atoms with Crippen LogP contribution in [-0.4, -0.2) is 13.5 Å². The van der Waals surface area contributed by atoms with Crippen LogP contribution in [0, 0.1) is 5.41 Å². The van der Waals surface area contributed by atoms with Gasteiger partial charge in [0.05, 0.1) is 4.90 Å². The van der Waals surface area contributed by atoms with E-state index in [0.29, 0.717) is 10.6 Å². The van der Waals surface area contributed by atoms with Gasteiger partial charge in [-0.3, -0.25) is 4.79 Å². The van der Waals surface area contributed by atoms with E-state index in [-0.39, 0.29) is 10.3 Å². The Bertz CT molecular complexity index is 1080. The van der Waals surface area contributed by atoms with Crippen LogP contribution in [0.4, 0.5) is 0 Å². The lowest BCUT2D eigenvalue weighted by molar-refractivity contribution is -0.107. The van der Waals surface area contributed by atoms with E-state index in [9.17, 15) is 13.2 Å². The van der Waals surface area contributed by atoms with Crippen molar-refractivity contribution >= 4 is 26.6 Å². The summed E-state index contributed by atoms with van der Waals surface area (Å²) in [6.07, 6.45) is 14.5. The molecular formula is C26H31ClO3S. The number of allylic oxidation sites excluding steroid dienone is 9. The molecule has 0 unspecified atom stereocenters. The second-order valence-electron chi connectivity index (χ2n) is 8.70. The average molecular weight is 459 g/mol. The van der Waals surface area contributed by atoms with Crippen molar-refractivity contribution in [2.45, 2.75) is 58.8 Å². The van der Waals surface area contributed by atoms with Crippen molar-refractivity contribution in [1.82, 2.24) is 0 Å². The van der Waals surface area contributed by atoms with Gasteiger partial charge < -0.3 is 0 Å². The molecule has 0 saturated heterocycles. The van der Waals surface area contributed by atoms with E-state index in [0.717, 1.165) is 18.1 Å². The van der Waals surface area contributed by atoms with Gasteiger partial charge in [0.15, 0.2) is 0 Å². The van der Waals surface area contributed by atoms with Crippen LogP contribution in [0.2, 0.25) is 5.02 Å². The zero-order valence-electron chi connectivity index (χ0n) is 18.9. The maximum Gasteiger partial charge on any atom is 0.274 e. The van der Waals surface area contributed by atoms with Gasteiger partial charge in [0, 0.05) is 11.1 Å². The van der Waals surface area contributed by atoms with Gasteiger partial charge in [0.2, 0.25) is 9.84 Å². The third-order valence-electron chi connectivity index (χ3n) is 5.51. The highest BCUT2D eigenvalue weighted by molar-refractivity contribution is 8.06. The fourth-order valence-electron chi connectivity index (χ4n) is 3.67. The van der Waals surface area contributed by atoms with Gasteiger partial charge in [-0.1, -0.05) is 67.0 Å². The van der Waals surface area contributed by atoms with Crippen LogP contribution in [0.25, 0.3) is 0 Å². The predicted molar refractivity (Wildman–Crippen MR) is 130 cm³/mol. The van der Waals surface area contributed by atoms with Gasteiger partial charge in [0.25, 0.3) is 5.12 Å². The number of sulfone groups is 1. The van der Waals surface area contributed by atoms with Gasteiger partial charge in [-0.05, 0) is 80.9 Å². The molecular weight excluding hydrogens is 428 g/mol. The fraction of sp³-hybridized carbons (Fsp3) is 0.346. The Balaban J connectivity index is 2.08. The SMILES string of the molecule is CC1=C(/C=C/C(C)=C/C=C/C(C)=C/C(=O)S(=O)(=O)c2ccc(Cl)cc2)C(C)(C)CCC1. The smallest absolute Gasteiger partial charge is 0.274 e. The quantitative estimate of drug-likeness (QED) is 0.335. The molecule has 0 bridgehead atoms. The average Bonchev–Trinajstić information content (AvgIpc) is 2.67. The van der Waals surface area contributed by atoms with Crippen LogP contribution >= 0.6 is 11.6 Å².